The molecular formula is C28H33N3O7. The fourth-order valence-corrected chi connectivity index (χ4v) is 6.08. The highest BCUT2D eigenvalue weighted by Crippen LogP contribution is 2.53. The molecule has 1 aromatic rings. The molecule has 4 rings (SSSR count). The van der Waals surface area contributed by atoms with Crippen LogP contribution in [0, 0.1) is 23.7 Å². The molecule has 10 heteroatoms. The van der Waals surface area contributed by atoms with Gasteiger partial charge in [0.2, 0.25) is 5.78 Å². The van der Waals surface area contributed by atoms with Crippen molar-refractivity contribution in [3.8, 4) is 17.6 Å². The normalized spacial score (nSPS) is 26.4. The number of rotatable bonds is 4. The minimum Gasteiger partial charge on any atom is -0.510 e. The number of allylic oxidation sites excluding steroid dienone is 1. The van der Waals surface area contributed by atoms with Gasteiger partial charge in [-0.1, -0.05) is 18.8 Å². The smallest absolute Gasteiger partial charge is 0.255 e. The number of hydrogen-bond acceptors (Lipinski definition) is 9. The fourth-order valence-electron chi connectivity index (χ4n) is 6.08. The highest BCUT2D eigenvalue weighted by molar-refractivity contribution is 6.25. The van der Waals surface area contributed by atoms with Gasteiger partial charge in [-0.15, -0.1) is 0 Å². The third kappa shape index (κ3) is 3.77. The number of nitrogens with zero attached hydrogens (tertiary/aromatic N) is 2. The first-order valence-electron chi connectivity index (χ1n) is 12.5. The zero-order valence-corrected chi connectivity index (χ0v) is 22.1. The summed E-state index contributed by atoms with van der Waals surface area (Å²) < 4.78 is 0. The number of fused-ring (bicyclic) bond motifs is 3. The number of amides is 1. The lowest BCUT2D eigenvalue weighted by atomic mass is 9.58. The van der Waals surface area contributed by atoms with Crippen LogP contribution in [0.4, 0.5) is 5.69 Å². The fraction of sp³-hybridized carbons (Fsp3) is 0.464. The topological polar surface area (TPSA) is 165 Å². The molecule has 0 fully saturated rings. The quantitative estimate of drug-likeness (QED) is 0.289. The molecule has 1 aromatic carbocycles. The summed E-state index contributed by atoms with van der Waals surface area (Å²) in [5.74, 6) is -0.865. The van der Waals surface area contributed by atoms with E-state index in [2.05, 4.69) is 11.8 Å². The summed E-state index contributed by atoms with van der Waals surface area (Å²) in [6.45, 7) is 1.97. The average Bonchev–Trinajstić information content (AvgIpc) is 2.82. The molecule has 0 spiro atoms. The van der Waals surface area contributed by atoms with Gasteiger partial charge in [0.25, 0.3) is 5.91 Å². The van der Waals surface area contributed by atoms with Gasteiger partial charge < -0.3 is 31.1 Å². The second-order valence-corrected chi connectivity index (χ2v) is 10.6. The highest BCUT2D eigenvalue weighted by Gasteiger charge is 2.63. The van der Waals surface area contributed by atoms with E-state index in [-0.39, 0.29) is 35.3 Å². The van der Waals surface area contributed by atoms with Gasteiger partial charge in [0.15, 0.2) is 11.4 Å². The Hall–Kier alpha value is -3.81. The van der Waals surface area contributed by atoms with E-state index in [1.54, 1.807) is 34.3 Å². The molecule has 1 amide bonds. The van der Waals surface area contributed by atoms with E-state index in [0.29, 0.717) is 17.7 Å². The van der Waals surface area contributed by atoms with Crippen molar-refractivity contribution in [2.45, 2.75) is 44.2 Å². The number of Topliss-reactive ketones (excluding diaryl/α,β-unsaturated/α-hetero) is 2. The van der Waals surface area contributed by atoms with Crippen LogP contribution in [0.3, 0.4) is 0 Å². The van der Waals surface area contributed by atoms with E-state index in [0.717, 1.165) is 6.42 Å². The Balaban J connectivity index is 1.97. The highest BCUT2D eigenvalue weighted by atomic mass is 16.3. The Morgan fingerprint density at radius 2 is 1.84 bits per heavy atom. The largest absolute Gasteiger partial charge is 0.510 e. The molecule has 3 aliphatic carbocycles. The van der Waals surface area contributed by atoms with Gasteiger partial charge in [0.1, 0.15) is 22.8 Å². The lowest BCUT2D eigenvalue weighted by molar-refractivity contribution is -0.148. The summed E-state index contributed by atoms with van der Waals surface area (Å²) in [7, 11) is 6.80. The van der Waals surface area contributed by atoms with Crippen LogP contribution in [0.25, 0.3) is 0 Å². The van der Waals surface area contributed by atoms with Gasteiger partial charge >= 0.3 is 0 Å². The molecule has 10 nitrogen and oxygen atoms in total. The number of anilines is 1. The molecule has 0 bridgehead atoms. The first kappa shape index (κ1) is 27.2. The summed E-state index contributed by atoms with van der Waals surface area (Å²) in [5, 5.41) is 45.1. The Kier molecular flexibility index (Phi) is 6.80. The standard InChI is InChI=1S/C28H33N3O7/c1-6-7-8-9-13-12-17(30(2)3)15-10-14-11-16-21(31(4)5)24(34)20(27(29)37)26(36)28(16,38)25(35)18(14)23(33)19(15)22(13)32/h12,14,16,21,32,34-35,38H,6-7,10-11H2,1-5H3,(H2,29,37)/t14-,16-,21-,28-/m1/s1. The van der Waals surface area contributed by atoms with Crippen LogP contribution >= 0.6 is 0 Å². The number of phenols is 1. The van der Waals surface area contributed by atoms with E-state index in [4.69, 9.17) is 5.73 Å². The van der Waals surface area contributed by atoms with Crippen molar-refractivity contribution in [3.63, 3.8) is 0 Å². The number of hydrogen-bond donors (Lipinski definition) is 5. The van der Waals surface area contributed by atoms with Crippen molar-refractivity contribution in [1.29, 1.82) is 0 Å². The van der Waals surface area contributed by atoms with Crippen LogP contribution in [0.1, 0.15) is 47.7 Å². The zero-order valence-electron chi connectivity index (χ0n) is 22.1. The first-order valence-corrected chi connectivity index (χ1v) is 12.5. The maximum absolute atomic E-state index is 13.9. The van der Waals surface area contributed by atoms with Crippen LogP contribution in [0.5, 0.6) is 5.75 Å². The molecule has 0 radical (unpaired) electrons. The predicted molar refractivity (Wildman–Crippen MR) is 140 cm³/mol. The number of nitrogens with two attached hydrogens (primary N) is 1. The number of unbranched alkanes of at least 4 members (excludes halogenated alkanes) is 1. The minimum absolute atomic E-state index is 0.0391. The Morgan fingerprint density at radius 3 is 2.39 bits per heavy atom. The summed E-state index contributed by atoms with van der Waals surface area (Å²) >= 11 is 0. The third-order valence-corrected chi connectivity index (χ3v) is 7.78. The Bertz CT molecular complexity index is 1380. The van der Waals surface area contributed by atoms with Gasteiger partial charge in [-0.05, 0) is 50.9 Å². The van der Waals surface area contributed by atoms with Crippen LogP contribution in [0.2, 0.25) is 0 Å². The number of ketones is 2. The number of phenolic OH excluding ortho intramolecular Hbond substituents is 1. The van der Waals surface area contributed by atoms with Crippen molar-refractivity contribution >= 4 is 23.2 Å². The van der Waals surface area contributed by atoms with Gasteiger partial charge in [-0.25, -0.2) is 0 Å². The summed E-state index contributed by atoms with van der Waals surface area (Å²) in [5.41, 5.74) is 3.13. The van der Waals surface area contributed by atoms with Gasteiger partial charge in [0.05, 0.1) is 17.2 Å². The number of aliphatic hydroxyl groups excluding tert-OH is 2. The lowest BCUT2D eigenvalue weighted by Crippen LogP contribution is -2.63. The molecule has 0 saturated carbocycles. The molecule has 0 saturated heterocycles. The Labute approximate surface area is 221 Å². The summed E-state index contributed by atoms with van der Waals surface area (Å²) in [4.78, 5) is 42.8. The van der Waals surface area contributed by atoms with Crippen molar-refractivity contribution in [2.24, 2.45) is 17.6 Å². The van der Waals surface area contributed by atoms with Crippen molar-refractivity contribution < 1.29 is 34.8 Å². The second-order valence-electron chi connectivity index (χ2n) is 10.6. The van der Waals surface area contributed by atoms with Crippen molar-refractivity contribution in [3.05, 3.63) is 45.4 Å². The zero-order chi connectivity index (χ0) is 28.3. The molecule has 202 valence electrons. The van der Waals surface area contributed by atoms with Gasteiger partial charge in [0, 0.05) is 37.7 Å². The predicted octanol–water partition coefficient (Wildman–Crippen LogP) is 1.34. The summed E-state index contributed by atoms with van der Waals surface area (Å²) in [6, 6.07) is 0.691. The maximum Gasteiger partial charge on any atom is 0.255 e. The Morgan fingerprint density at radius 1 is 1.18 bits per heavy atom. The van der Waals surface area contributed by atoms with E-state index < -0.39 is 58.0 Å². The number of carbonyl (C=O) groups is 3. The molecule has 38 heavy (non-hydrogen) atoms. The number of primary amides is 1. The number of likely N-dealkylation sites (N-methyl/N-ethyl adjacent to an activating group) is 1. The molecule has 6 N–H and O–H groups in total. The van der Waals surface area contributed by atoms with Crippen LogP contribution in [-0.2, 0) is 16.0 Å². The molecule has 3 aliphatic rings. The van der Waals surface area contributed by atoms with Gasteiger partial charge in [-0.3, -0.25) is 19.3 Å². The van der Waals surface area contributed by atoms with E-state index >= 15 is 0 Å². The van der Waals surface area contributed by atoms with Crippen LogP contribution in [-0.4, -0.2) is 82.6 Å². The molecule has 4 atom stereocenters. The molecule has 0 heterocycles. The minimum atomic E-state index is -2.66. The number of carbonyl (C=O) groups excluding carboxylic acids is 3. The maximum atomic E-state index is 13.9. The monoisotopic (exact) mass is 523 g/mol. The second kappa shape index (κ2) is 9.49. The molecular weight excluding hydrogens is 490 g/mol. The number of aliphatic hydroxyl groups is 3. The van der Waals surface area contributed by atoms with E-state index in [1.807, 2.05) is 11.8 Å². The van der Waals surface area contributed by atoms with Crippen LogP contribution < -0.4 is 10.6 Å². The van der Waals surface area contributed by atoms with E-state index in [9.17, 15) is 34.8 Å². The lowest BCUT2D eigenvalue weighted by Gasteiger charge is -2.50. The number of aromatic hydroxyl groups is 1. The van der Waals surface area contributed by atoms with Gasteiger partial charge in [-0.2, -0.15) is 0 Å². The molecule has 0 aromatic heterocycles. The third-order valence-electron chi connectivity index (χ3n) is 7.78. The van der Waals surface area contributed by atoms with Crippen molar-refractivity contribution in [2.75, 3.05) is 33.1 Å². The molecule has 0 aliphatic heterocycles. The summed E-state index contributed by atoms with van der Waals surface area (Å²) in [6.07, 6.45) is 1.68. The van der Waals surface area contributed by atoms with Crippen LogP contribution in [0.15, 0.2) is 28.7 Å². The SMILES string of the molecule is CCCC#Cc1cc(N(C)C)c2c(c1O)C(=O)C1=C(O)[C@@]3(O)C(=O)C(C(N)=O)=C(O)[C@H](N(C)C)[C@H]3C[C@H]1C2. The average molecular weight is 524 g/mol. The molecule has 0 unspecified atom stereocenters. The van der Waals surface area contributed by atoms with Crippen molar-refractivity contribution in [1.82, 2.24) is 4.90 Å². The number of benzene rings is 1. The first-order chi connectivity index (χ1) is 17.8. The van der Waals surface area contributed by atoms with E-state index in [1.165, 1.54) is 4.90 Å².